The van der Waals surface area contributed by atoms with E-state index in [1.165, 1.54) is 30.0 Å². The largest absolute Gasteiger partial charge is 0.476 e. The number of carboxylic acids is 1. The Bertz CT molecular complexity index is 1210. The minimum Gasteiger partial charge on any atom is -0.476 e. The van der Waals surface area contributed by atoms with Crippen LogP contribution in [0.1, 0.15) is 52.4 Å². The van der Waals surface area contributed by atoms with Gasteiger partial charge < -0.3 is 14.7 Å². The van der Waals surface area contributed by atoms with Crippen molar-refractivity contribution < 1.29 is 33.1 Å². The lowest BCUT2D eigenvalue weighted by atomic mass is 9.79. The van der Waals surface area contributed by atoms with Crippen molar-refractivity contribution in [3.05, 3.63) is 58.6 Å². The highest BCUT2D eigenvalue weighted by atomic mass is 32.3. The molecule has 3 N–H and O–H groups in total. The number of rotatable bonds is 12. The van der Waals surface area contributed by atoms with Crippen LogP contribution >= 0.6 is 22.4 Å². The van der Waals surface area contributed by atoms with Gasteiger partial charge in [-0.3, -0.25) is 19.2 Å². The molecule has 0 atom stereocenters. The van der Waals surface area contributed by atoms with Crippen molar-refractivity contribution in [3.8, 4) is 5.75 Å². The maximum Gasteiger partial charge on any atom is 0.368 e. The Morgan fingerprint density at radius 1 is 1.21 bits per heavy atom. The third kappa shape index (κ3) is 7.24. The monoisotopic (exact) mass is 582 g/mol. The lowest BCUT2D eigenvalue weighted by Gasteiger charge is -2.42. The quantitative estimate of drug-likeness (QED) is 0.0744. The van der Waals surface area contributed by atoms with Crippen LogP contribution in [-0.2, 0) is 4.79 Å². The molecule has 0 aliphatic carbocycles. The number of fused-ring (bicyclic) bond motifs is 1. The van der Waals surface area contributed by atoms with Crippen molar-refractivity contribution in [2.24, 2.45) is 5.41 Å². The molecule has 2 aromatic carbocycles. The number of thioether (sulfide) groups is 1. The van der Waals surface area contributed by atoms with Crippen LogP contribution in [0.25, 0.3) is 0 Å². The summed E-state index contributed by atoms with van der Waals surface area (Å²) >= 11 is 1.27. The Hall–Kier alpha value is -2.80. The van der Waals surface area contributed by atoms with Gasteiger partial charge in [0.25, 0.3) is 5.69 Å². The van der Waals surface area contributed by atoms with E-state index < -0.39 is 32.7 Å². The number of hydrogen-bond acceptors (Lipinski definition) is 8. The molecule has 1 heterocycles. The third-order valence-corrected chi connectivity index (χ3v) is 9.68. The molecule has 9 nitrogen and oxygen atoms in total. The number of ether oxygens (including phenoxy) is 1. The summed E-state index contributed by atoms with van der Waals surface area (Å²) < 4.78 is 42.4. The van der Waals surface area contributed by atoms with Crippen molar-refractivity contribution in [2.45, 2.75) is 62.2 Å². The summed E-state index contributed by atoms with van der Waals surface area (Å²) in [6.45, 7) is 4.64. The molecule has 1 aliphatic heterocycles. The van der Waals surface area contributed by atoms with Crippen LogP contribution in [-0.4, -0.2) is 43.7 Å². The van der Waals surface area contributed by atoms with Crippen LogP contribution < -0.4 is 9.64 Å². The first kappa shape index (κ1) is 30.7. The predicted molar refractivity (Wildman–Crippen MR) is 153 cm³/mol. The molecule has 39 heavy (non-hydrogen) atoms. The molecule has 0 amide bonds. The molecular formula is C27H35FN2O7S2. The fourth-order valence-electron chi connectivity index (χ4n) is 4.91. The van der Waals surface area contributed by atoms with Gasteiger partial charge in [0, 0.05) is 41.6 Å². The van der Waals surface area contributed by atoms with E-state index >= 15 is 0 Å². The Kier molecular flexibility index (Phi) is 10.3. The van der Waals surface area contributed by atoms with Gasteiger partial charge in [0.15, 0.2) is 0 Å². The van der Waals surface area contributed by atoms with Crippen molar-refractivity contribution in [3.63, 3.8) is 0 Å². The number of aliphatic carboxylic acids is 1. The molecule has 0 spiro atoms. The second kappa shape index (κ2) is 13.0. The SMILES string of the molecule is CCCCC1(CCCC)CN(c2ccc([N+](=O)[O-])cc2)c2cc(SC)c(OC=C(F)C(=O)O)cc2S(O)(O)C1. The fraction of sp³-hybridized carbons (Fsp3) is 0.444. The van der Waals surface area contributed by atoms with Gasteiger partial charge in [0.1, 0.15) is 12.0 Å². The Morgan fingerprint density at radius 2 is 1.82 bits per heavy atom. The maximum absolute atomic E-state index is 13.7. The average molecular weight is 583 g/mol. The van der Waals surface area contributed by atoms with Crippen LogP contribution in [0.4, 0.5) is 21.5 Å². The van der Waals surface area contributed by atoms with Crippen molar-refractivity contribution in [2.75, 3.05) is 23.5 Å². The highest BCUT2D eigenvalue weighted by Gasteiger charge is 2.42. The molecule has 0 fully saturated rings. The van der Waals surface area contributed by atoms with E-state index in [4.69, 9.17) is 9.84 Å². The average Bonchev–Trinajstić information content (AvgIpc) is 3.00. The minimum absolute atomic E-state index is 0.0536. The van der Waals surface area contributed by atoms with E-state index in [2.05, 4.69) is 13.8 Å². The Morgan fingerprint density at radius 3 is 2.33 bits per heavy atom. The van der Waals surface area contributed by atoms with Crippen LogP contribution in [0, 0.1) is 15.5 Å². The molecule has 0 aromatic heterocycles. The summed E-state index contributed by atoms with van der Waals surface area (Å²) in [7, 11) is -3.38. The molecule has 0 bridgehead atoms. The molecule has 1 aliphatic rings. The second-order valence-corrected chi connectivity index (χ2v) is 12.6. The standard InChI is InChI=1S/C27H35FN2O7S2/c1-4-6-12-27(13-7-5-2)17-29(19-8-10-20(11-9-19)30(33)34)22-14-24(38-3)23(37-16-21(28)26(31)32)15-25(22)39(35,36)18-27/h8-11,14-16,35-36H,4-7,12-13,17-18H2,1-3H3,(H,31,32). The predicted octanol–water partition coefficient (Wildman–Crippen LogP) is 8.22. The first-order chi connectivity index (χ1) is 18.5. The number of halogens is 1. The molecule has 3 rings (SSSR count). The summed E-state index contributed by atoms with van der Waals surface area (Å²) in [5.74, 6) is -3.06. The molecule has 2 aromatic rings. The van der Waals surface area contributed by atoms with E-state index in [1.54, 1.807) is 24.5 Å². The zero-order chi connectivity index (χ0) is 28.8. The molecule has 0 radical (unpaired) electrons. The minimum atomic E-state index is -3.38. The van der Waals surface area contributed by atoms with Crippen LogP contribution in [0.3, 0.4) is 0 Å². The molecule has 0 saturated heterocycles. The zero-order valence-electron chi connectivity index (χ0n) is 22.3. The second-order valence-electron chi connectivity index (χ2n) is 9.74. The first-order valence-corrected chi connectivity index (χ1v) is 15.7. The molecule has 0 saturated carbocycles. The van der Waals surface area contributed by atoms with Crippen LogP contribution in [0.2, 0.25) is 0 Å². The van der Waals surface area contributed by atoms with Gasteiger partial charge >= 0.3 is 5.97 Å². The third-order valence-electron chi connectivity index (χ3n) is 6.88. The van der Waals surface area contributed by atoms with E-state index in [-0.39, 0.29) is 22.1 Å². The zero-order valence-corrected chi connectivity index (χ0v) is 23.9. The number of hydrogen-bond donors (Lipinski definition) is 3. The topological polar surface area (TPSA) is 133 Å². The highest BCUT2D eigenvalue weighted by Crippen LogP contribution is 2.62. The summed E-state index contributed by atoms with van der Waals surface area (Å²) in [4.78, 5) is 24.4. The highest BCUT2D eigenvalue weighted by molar-refractivity contribution is 8.24. The van der Waals surface area contributed by atoms with E-state index in [0.29, 0.717) is 29.1 Å². The molecular weight excluding hydrogens is 547 g/mol. The van der Waals surface area contributed by atoms with E-state index in [9.17, 15) is 28.4 Å². The van der Waals surface area contributed by atoms with Gasteiger partial charge in [0.05, 0.1) is 20.4 Å². The van der Waals surface area contributed by atoms with E-state index in [1.807, 2.05) is 4.90 Å². The molecule has 214 valence electrons. The summed E-state index contributed by atoms with van der Waals surface area (Å²) in [5, 5.41) is 20.1. The van der Waals surface area contributed by atoms with Crippen molar-refractivity contribution in [1.29, 1.82) is 0 Å². The summed E-state index contributed by atoms with van der Waals surface area (Å²) in [6, 6.07) is 9.30. The number of nitrogens with zero attached hydrogens (tertiary/aromatic N) is 2. The van der Waals surface area contributed by atoms with E-state index in [0.717, 1.165) is 38.5 Å². The lowest BCUT2D eigenvalue weighted by molar-refractivity contribution is -0.384. The number of unbranched alkanes of at least 4 members (excludes halogenated alkanes) is 2. The smallest absolute Gasteiger partial charge is 0.368 e. The Balaban J connectivity index is 2.25. The first-order valence-electron chi connectivity index (χ1n) is 12.7. The summed E-state index contributed by atoms with van der Waals surface area (Å²) in [5.41, 5.74) is 0.663. The van der Waals surface area contributed by atoms with Crippen LogP contribution in [0.15, 0.2) is 58.3 Å². The summed E-state index contributed by atoms with van der Waals surface area (Å²) in [6.07, 6.45) is 7.45. The van der Waals surface area contributed by atoms with Gasteiger partial charge in [-0.2, -0.15) is 15.0 Å². The van der Waals surface area contributed by atoms with Gasteiger partial charge in [-0.25, -0.2) is 4.79 Å². The number of carboxylic acid groups (broad SMARTS) is 1. The number of anilines is 2. The number of nitro groups is 1. The van der Waals surface area contributed by atoms with Crippen molar-refractivity contribution >= 4 is 45.4 Å². The van der Waals surface area contributed by atoms with Gasteiger partial charge in [-0.05, 0) is 37.3 Å². The normalized spacial score (nSPS) is 17.2. The Labute approximate surface area is 233 Å². The van der Waals surface area contributed by atoms with Gasteiger partial charge in [-0.1, -0.05) is 39.5 Å². The number of carbonyl (C=O) groups is 1. The fourth-order valence-corrected chi connectivity index (χ4v) is 7.63. The molecule has 12 heteroatoms. The van der Waals surface area contributed by atoms with Crippen molar-refractivity contribution in [1.82, 2.24) is 0 Å². The van der Waals surface area contributed by atoms with Crippen LogP contribution in [0.5, 0.6) is 5.75 Å². The lowest BCUT2D eigenvalue weighted by Crippen LogP contribution is -2.37. The van der Waals surface area contributed by atoms with Gasteiger partial charge in [-0.15, -0.1) is 11.8 Å². The number of non-ortho nitro benzene ring substituents is 1. The number of benzene rings is 2. The number of nitro benzene ring substituents is 1. The van der Waals surface area contributed by atoms with Gasteiger partial charge in [0.2, 0.25) is 5.83 Å². The maximum atomic E-state index is 13.7. The molecule has 0 unspecified atom stereocenters.